The van der Waals surface area contributed by atoms with E-state index in [4.69, 9.17) is 4.98 Å². The van der Waals surface area contributed by atoms with Gasteiger partial charge < -0.3 is 5.11 Å². The number of benzene rings is 1. The molecule has 0 bridgehead atoms. The molecule has 3 rings (SSSR count). The minimum absolute atomic E-state index is 0.277. The van der Waals surface area contributed by atoms with Crippen molar-refractivity contribution >= 4 is 0 Å². The lowest BCUT2D eigenvalue weighted by atomic mass is 9.84. The van der Waals surface area contributed by atoms with Gasteiger partial charge in [0.05, 0.1) is 0 Å². The van der Waals surface area contributed by atoms with Gasteiger partial charge in [-0.25, -0.2) is 9.97 Å². The summed E-state index contributed by atoms with van der Waals surface area (Å²) in [6.07, 6.45) is 15.1. The van der Waals surface area contributed by atoms with Gasteiger partial charge in [-0.2, -0.15) is 0 Å². The molecule has 1 aliphatic rings. The molecule has 0 aliphatic heterocycles. The second-order valence-electron chi connectivity index (χ2n) is 7.38. The van der Waals surface area contributed by atoms with Crippen molar-refractivity contribution in [2.75, 3.05) is 0 Å². The van der Waals surface area contributed by atoms with Gasteiger partial charge in [0.15, 0.2) is 5.82 Å². The van der Waals surface area contributed by atoms with Gasteiger partial charge in [0, 0.05) is 17.5 Å². The summed E-state index contributed by atoms with van der Waals surface area (Å²) in [7, 11) is 0. The third-order valence-electron chi connectivity index (χ3n) is 5.34. The van der Waals surface area contributed by atoms with Crippen molar-refractivity contribution in [1.29, 1.82) is 0 Å². The number of aryl methyl sites for hydroxylation is 1. The third-order valence-corrected chi connectivity index (χ3v) is 5.34. The Morgan fingerprint density at radius 2 is 1.80 bits per heavy atom. The molecular weight excluding hydrogens is 308 g/mol. The second kappa shape index (κ2) is 8.98. The van der Waals surface area contributed by atoms with Crippen molar-refractivity contribution in [3.63, 3.8) is 0 Å². The molecule has 0 radical (unpaired) electrons. The minimum atomic E-state index is 0.277. The number of hydrogen-bond donors (Lipinski definition) is 1. The largest absolute Gasteiger partial charge is 0.508 e. The Morgan fingerprint density at radius 1 is 1.04 bits per heavy atom. The van der Waals surface area contributed by atoms with Crippen molar-refractivity contribution in [3.05, 3.63) is 41.7 Å². The summed E-state index contributed by atoms with van der Waals surface area (Å²) in [4.78, 5) is 9.35. The van der Waals surface area contributed by atoms with Crippen LogP contribution in [0, 0.1) is 5.92 Å². The highest BCUT2D eigenvalue weighted by molar-refractivity contribution is 5.56. The highest BCUT2D eigenvalue weighted by Gasteiger charge is 2.20. The number of nitrogens with zero attached hydrogens (tertiary/aromatic N) is 2. The molecule has 0 spiro atoms. The number of fused-ring (bicyclic) bond motifs is 1. The van der Waals surface area contributed by atoms with Crippen LogP contribution in [0.25, 0.3) is 11.4 Å². The van der Waals surface area contributed by atoms with Crippen LogP contribution in [0.15, 0.2) is 30.5 Å². The molecule has 1 aromatic heterocycles. The summed E-state index contributed by atoms with van der Waals surface area (Å²) in [5, 5.41) is 9.42. The van der Waals surface area contributed by atoms with Crippen LogP contribution >= 0.6 is 0 Å². The van der Waals surface area contributed by atoms with Crippen LogP contribution in [0.5, 0.6) is 5.75 Å². The number of phenolic OH excluding ortho intramolecular Hbond substituents is 1. The molecule has 1 N–H and O–H groups in total. The Hall–Kier alpha value is -1.90. The van der Waals surface area contributed by atoms with Crippen LogP contribution in [0.3, 0.4) is 0 Å². The lowest BCUT2D eigenvalue weighted by Gasteiger charge is -2.24. The molecule has 2 aromatic rings. The van der Waals surface area contributed by atoms with Crippen LogP contribution in [-0.4, -0.2) is 15.1 Å². The highest BCUT2D eigenvalue weighted by Crippen LogP contribution is 2.29. The fourth-order valence-electron chi connectivity index (χ4n) is 3.79. The number of hydrogen-bond acceptors (Lipinski definition) is 3. The first kappa shape index (κ1) is 17.9. The summed E-state index contributed by atoms with van der Waals surface area (Å²) in [5.74, 6) is 1.86. The Morgan fingerprint density at radius 3 is 2.60 bits per heavy atom. The smallest absolute Gasteiger partial charge is 0.159 e. The van der Waals surface area contributed by atoms with Gasteiger partial charge in [0.25, 0.3) is 0 Å². The molecule has 0 amide bonds. The van der Waals surface area contributed by atoms with Gasteiger partial charge in [0.2, 0.25) is 0 Å². The molecule has 3 heteroatoms. The number of unbranched alkanes of at least 4 members (excludes halogenated alkanes) is 5. The first-order valence-electron chi connectivity index (χ1n) is 9.90. The zero-order chi connectivity index (χ0) is 17.5. The fourth-order valence-corrected chi connectivity index (χ4v) is 3.79. The SMILES string of the molecule is CCCCCCCCC1CCc2nc(-c3ccc(O)cc3)ncc2C1. The Balaban J connectivity index is 1.53. The maximum atomic E-state index is 9.42. The standard InChI is InChI=1S/C22H30N2O/c1-2-3-4-5-6-7-8-17-9-14-21-19(15-17)16-23-22(24-21)18-10-12-20(25)13-11-18/h10-13,16-17,25H,2-9,14-15H2,1H3. The van der Waals surface area contributed by atoms with Crippen LogP contribution in [0.4, 0.5) is 0 Å². The maximum Gasteiger partial charge on any atom is 0.159 e. The first-order valence-corrected chi connectivity index (χ1v) is 9.90. The van der Waals surface area contributed by atoms with E-state index in [1.54, 1.807) is 12.1 Å². The van der Waals surface area contributed by atoms with E-state index >= 15 is 0 Å². The quantitative estimate of drug-likeness (QED) is 0.628. The second-order valence-corrected chi connectivity index (χ2v) is 7.38. The summed E-state index contributed by atoms with van der Waals surface area (Å²) >= 11 is 0. The molecular formula is C22H30N2O. The number of aromatic nitrogens is 2. The van der Waals surface area contributed by atoms with E-state index in [-0.39, 0.29) is 5.75 Å². The molecule has 0 saturated heterocycles. The first-order chi connectivity index (χ1) is 12.3. The molecule has 1 atom stereocenters. The van der Waals surface area contributed by atoms with Gasteiger partial charge in [-0.05, 0) is 55.0 Å². The number of aromatic hydroxyl groups is 1. The Labute approximate surface area is 151 Å². The van der Waals surface area contributed by atoms with Crippen molar-refractivity contribution in [2.45, 2.75) is 71.1 Å². The average Bonchev–Trinajstić information content (AvgIpc) is 2.65. The normalized spacial score (nSPS) is 16.6. The minimum Gasteiger partial charge on any atom is -0.508 e. The number of phenols is 1. The molecule has 1 aliphatic carbocycles. The van der Waals surface area contributed by atoms with Crippen molar-refractivity contribution in [3.8, 4) is 17.1 Å². The van der Waals surface area contributed by atoms with Gasteiger partial charge in [-0.3, -0.25) is 0 Å². The highest BCUT2D eigenvalue weighted by atomic mass is 16.3. The molecule has 1 heterocycles. The van der Waals surface area contributed by atoms with Crippen molar-refractivity contribution < 1.29 is 5.11 Å². The van der Waals surface area contributed by atoms with Gasteiger partial charge >= 0.3 is 0 Å². The molecule has 134 valence electrons. The Bertz CT molecular complexity index is 666. The van der Waals surface area contributed by atoms with E-state index in [0.29, 0.717) is 0 Å². The van der Waals surface area contributed by atoms with E-state index < -0.39 is 0 Å². The fraction of sp³-hybridized carbons (Fsp3) is 0.545. The molecule has 1 aromatic carbocycles. The number of rotatable bonds is 8. The van der Waals surface area contributed by atoms with Crippen molar-refractivity contribution in [1.82, 2.24) is 9.97 Å². The van der Waals surface area contributed by atoms with Crippen LogP contribution in [-0.2, 0) is 12.8 Å². The zero-order valence-corrected chi connectivity index (χ0v) is 15.4. The maximum absolute atomic E-state index is 9.42. The topological polar surface area (TPSA) is 46.0 Å². The lowest BCUT2D eigenvalue weighted by molar-refractivity contribution is 0.400. The molecule has 25 heavy (non-hydrogen) atoms. The van der Waals surface area contributed by atoms with E-state index in [2.05, 4.69) is 11.9 Å². The van der Waals surface area contributed by atoms with Crippen LogP contribution in [0.2, 0.25) is 0 Å². The molecule has 1 unspecified atom stereocenters. The summed E-state index contributed by atoms with van der Waals surface area (Å²) < 4.78 is 0. The molecule has 0 saturated carbocycles. The van der Waals surface area contributed by atoms with Crippen molar-refractivity contribution in [2.24, 2.45) is 5.92 Å². The van der Waals surface area contributed by atoms with Crippen LogP contribution < -0.4 is 0 Å². The molecule has 3 nitrogen and oxygen atoms in total. The lowest BCUT2D eigenvalue weighted by Crippen LogP contribution is -2.16. The summed E-state index contributed by atoms with van der Waals surface area (Å²) in [6.45, 7) is 2.27. The summed E-state index contributed by atoms with van der Waals surface area (Å²) in [5.41, 5.74) is 3.52. The van der Waals surface area contributed by atoms with Crippen LogP contribution in [0.1, 0.15) is 69.5 Å². The predicted molar refractivity (Wildman–Crippen MR) is 103 cm³/mol. The zero-order valence-electron chi connectivity index (χ0n) is 15.4. The predicted octanol–water partition coefficient (Wildman–Crippen LogP) is 5.70. The average molecular weight is 338 g/mol. The van der Waals surface area contributed by atoms with Gasteiger partial charge in [0.1, 0.15) is 5.75 Å². The molecule has 0 fully saturated rings. The third kappa shape index (κ3) is 5.04. The summed E-state index contributed by atoms with van der Waals surface area (Å²) in [6, 6.07) is 7.13. The Kier molecular flexibility index (Phi) is 6.43. The monoisotopic (exact) mass is 338 g/mol. The van der Waals surface area contributed by atoms with E-state index in [1.807, 2.05) is 18.3 Å². The van der Waals surface area contributed by atoms with Gasteiger partial charge in [-0.1, -0.05) is 51.9 Å². The van der Waals surface area contributed by atoms with E-state index in [0.717, 1.165) is 30.1 Å². The van der Waals surface area contributed by atoms with Gasteiger partial charge in [-0.15, -0.1) is 0 Å². The van der Waals surface area contributed by atoms with E-state index in [1.165, 1.54) is 62.6 Å². The van der Waals surface area contributed by atoms with E-state index in [9.17, 15) is 5.11 Å².